The molecule has 1 aliphatic rings. The molecule has 1 rings (SSSR count). The third-order valence-corrected chi connectivity index (χ3v) is 3.44. The molecule has 0 aliphatic carbocycles. The third kappa shape index (κ3) is 1.56. The van der Waals surface area contributed by atoms with Crippen molar-refractivity contribution in [2.75, 3.05) is 0 Å². The van der Waals surface area contributed by atoms with Gasteiger partial charge < -0.3 is 5.32 Å². The number of hydrogen-bond donors (Lipinski definition) is 1. The summed E-state index contributed by atoms with van der Waals surface area (Å²) in [6, 6.07) is 0.0567. The van der Waals surface area contributed by atoms with Crippen LogP contribution in [0, 0.1) is 5.41 Å². The van der Waals surface area contributed by atoms with Crippen molar-refractivity contribution >= 4 is 11.7 Å². The van der Waals surface area contributed by atoms with Gasteiger partial charge in [-0.3, -0.25) is 9.59 Å². The summed E-state index contributed by atoms with van der Waals surface area (Å²) in [4.78, 5) is 23.7. The highest BCUT2D eigenvalue weighted by Gasteiger charge is 2.46. The molecular formula is C11H19NO2. The van der Waals surface area contributed by atoms with Crippen LogP contribution in [0.5, 0.6) is 0 Å². The first kappa shape index (κ1) is 11.2. The maximum atomic E-state index is 11.9. The molecule has 1 amide bonds. The first-order chi connectivity index (χ1) is 6.60. The topological polar surface area (TPSA) is 46.2 Å². The van der Waals surface area contributed by atoms with Crippen molar-refractivity contribution < 1.29 is 9.59 Å². The van der Waals surface area contributed by atoms with E-state index in [4.69, 9.17) is 0 Å². The highest BCUT2D eigenvalue weighted by Crippen LogP contribution is 2.33. The molecule has 1 saturated heterocycles. The van der Waals surface area contributed by atoms with Crippen LogP contribution in [-0.2, 0) is 9.59 Å². The molecule has 0 aromatic carbocycles. The molecule has 0 radical (unpaired) electrons. The van der Waals surface area contributed by atoms with Crippen LogP contribution in [-0.4, -0.2) is 17.7 Å². The minimum absolute atomic E-state index is 0.0567. The van der Waals surface area contributed by atoms with Gasteiger partial charge in [0.2, 0.25) is 5.91 Å². The average Bonchev–Trinajstić information content (AvgIpc) is 2.18. The summed E-state index contributed by atoms with van der Waals surface area (Å²) >= 11 is 0. The van der Waals surface area contributed by atoms with Crippen molar-refractivity contribution in [2.45, 2.75) is 52.5 Å². The van der Waals surface area contributed by atoms with Crippen LogP contribution in [0.15, 0.2) is 0 Å². The van der Waals surface area contributed by atoms with Crippen molar-refractivity contribution in [1.29, 1.82) is 0 Å². The number of nitrogens with one attached hydrogen (secondary N) is 1. The number of ketones is 1. The number of hydrogen-bond acceptors (Lipinski definition) is 2. The van der Waals surface area contributed by atoms with E-state index in [0.717, 1.165) is 6.42 Å². The highest BCUT2D eigenvalue weighted by atomic mass is 16.2. The van der Waals surface area contributed by atoms with E-state index >= 15 is 0 Å². The number of rotatable bonds is 3. The van der Waals surface area contributed by atoms with Gasteiger partial charge in [0.25, 0.3) is 0 Å². The van der Waals surface area contributed by atoms with Gasteiger partial charge in [-0.25, -0.2) is 0 Å². The minimum Gasteiger partial charge on any atom is -0.352 e. The van der Waals surface area contributed by atoms with E-state index in [9.17, 15) is 9.59 Å². The van der Waals surface area contributed by atoms with Gasteiger partial charge in [-0.2, -0.15) is 0 Å². The Balaban J connectivity index is 2.89. The average molecular weight is 197 g/mol. The second-order valence-electron chi connectivity index (χ2n) is 4.00. The monoisotopic (exact) mass is 197 g/mol. The predicted octanol–water partition coefficient (Wildman–Crippen LogP) is 1.66. The third-order valence-electron chi connectivity index (χ3n) is 3.44. The molecule has 1 N–H and O–H groups in total. The Kier molecular flexibility index (Phi) is 3.29. The van der Waals surface area contributed by atoms with Crippen LogP contribution in [0.3, 0.4) is 0 Å². The zero-order valence-corrected chi connectivity index (χ0v) is 9.22. The molecular weight excluding hydrogens is 178 g/mol. The van der Waals surface area contributed by atoms with Crippen LogP contribution in [0.4, 0.5) is 0 Å². The summed E-state index contributed by atoms with van der Waals surface area (Å²) in [6.07, 6.45) is 2.57. The van der Waals surface area contributed by atoms with Crippen molar-refractivity contribution in [3.05, 3.63) is 0 Å². The Morgan fingerprint density at radius 3 is 2.21 bits per heavy atom. The predicted molar refractivity (Wildman–Crippen MR) is 54.9 cm³/mol. The van der Waals surface area contributed by atoms with E-state index < -0.39 is 5.41 Å². The summed E-state index contributed by atoms with van der Waals surface area (Å²) in [5, 5.41) is 2.93. The Hall–Kier alpha value is -0.860. The first-order valence-electron chi connectivity index (χ1n) is 5.45. The van der Waals surface area contributed by atoms with Crippen molar-refractivity contribution in [2.24, 2.45) is 5.41 Å². The highest BCUT2D eigenvalue weighted by molar-refractivity contribution is 6.08. The maximum absolute atomic E-state index is 11.9. The molecule has 3 nitrogen and oxygen atoms in total. The van der Waals surface area contributed by atoms with Gasteiger partial charge in [0.1, 0.15) is 11.2 Å². The summed E-state index contributed by atoms with van der Waals surface area (Å²) in [7, 11) is 0. The van der Waals surface area contributed by atoms with Crippen LogP contribution < -0.4 is 5.32 Å². The lowest BCUT2D eigenvalue weighted by atomic mass is 9.72. The molecule has 1 fully saturated rings. The quantitative estimate of drug-likeness (QED) is 0.699. The van der Waals surface area contributed by atoms with E-state index in [0.29, 0.717) is 19.3 Å². The minimum atomic E-state index is -0.730. The zero-order chi connectivity index (χ0) is 10.8. The van der Waals surface area contributed by atoms with E-state index in [-0.39, 0.29) is 17.7 Å². The Morgan fingerprint density at radius 2 is 1.86 bits per heavy atom. The number of Topliss-reactive ketones (excluding diaryl/α,β-unsaturated/α-hetero) is 1. The van der Waals surface area contributed by atoms with Crippen molar-refractivity contribution in [3.63, 3.8) is 0 Å². The molecule has 0 bridgehead atoms. The van der Waals surface area contributed by atoms with Gasteiger partial charge in [-0.15, -0.1) is 0 Å². The van der Waals surface area contributed by atoms with Gasteiger partial charge in [-0.1, -0.05) is 20.8 Å². The molecule has 1 atom stereocenters. The SMILES string of the molecule is CCC1CC(=O)C(CC)(CC)C(=O)N1. The Bertz CT molecular complexity index is 224. The molecule has 0 aromatic heterocycles. The lowest BCUT2D eigenvalue weighted by Gasteiger charge is -2.36. The first-order valence-corrected chi connectivity index (χ1v) is 5.45. The van der Waals surface area contributed by atoms with Crippen LogP contribution >= 0.6 is 0 Å². The van der Waals surface area contributed by atoms with E-state index in [1.807, 2.05) is 20.8 Å². The van der Waals surface area contributed by atoms with E-state index in [1.54, 1.807) is 0 Å². The molecule has 1 aliphatic heterocycles. The second-order valence-corrected chi connectivity index (χ2v) is 4.00. The van der Waals surface area contributed by atoms with Gasteiger partial charge in [-0.05, 0) is 19.3 Å². The molecule has 80 valence electrons. The zero-order valence-electron chi connectivity index (χ0n) is 9.22. The second kappa shape index (κ2) is 4.11. The lowest BCUT2D eigenvalue weighted by molar-refractivity contribution is -0.147. The fraction of sp³-hybridized carbons (Fsp3) is 0.818. The fourth-order valence-electron chi connectivity index (χ4n) is 2.13. The number of carbonyl (C=O) groups is 2. The van der Waals surface area contributed by atoms with Crippen molar-refractivity contribution in [3.8, 4) is 0 Å². The number of piperidine rings is 1. The van der Waals surface area contributed by atoms with Gasteiger partial charge in [0, 0.05) is 12.5 Å². The fourth-order valence-corrected chi connectivity index (χ4v) is 2.13. The van der Waals surface area contributed by atoms with E-state index in [1.165, 1.54) is 0 Å². The summed E-state index contributed by atoms with van der Waals surface area (Å²) < 4.78 is 0. The lowest BCUT2D eigenvalue weighted by Crippen LogP contribution is -2.55. The number of amides is 1. The van der Waals surface area contributed by atoms with Gasteiger partial charge >= 0.3 is 0 Å². The molecule has 1 unspecified atom stereocenters. The smallest absolute Gasteiger partial charge is 0.233 e. The Labute approximate surface area is 85.3 Å². The van der Waals surface area contributed by atoms with Gasteiger partial charge in [0.05, 0.1) is 0 Å². The molecule has 0 saturated carbocycles. The standard InChI is InChI=1S/C11H19NO2/c1-4-8-7-9(13)11(5-2,6-3)10(14)12-8/h8H,4-7H2,1-3H3,(H,12,14). The largest absolute Gasteiger partial charge is 0.352 e. The van der Waals surface area contributed by atoms with Crippen LogP contribution in [0.2, 0.25) is 0 Å². The van der Waals surface area contributed by atoms with Crippen molar-refractivity contribution in [1.82, 2.24) is 5.32 Å². The maximum Gasteiger partial charge on any atom is 0.233 e. The molecule has 0 aromatic rings. The molecule has 0 spiro atoms. The molecule has 1 heterocycles. The normalized spacial score (nSPS) is 26.1. The molecule has 3 heteroatoms. The molecule has 14 heavy (non-hydrogen) atoms. The van der Waals surface area contributed by atoms with E-state index in [2.05, 4.69) is 5.32 Å². The summed E-state index contributed by atoms with van der Waals surface area (Å²) in [6.45, 7) is 5.81. The summed E-state index contributed by atoms with van der Waals surface area (Å²) in [5.74, 6) is 0.0590. The van der Waals surface area contributed by atoms with Crippen LogP contribution in [0.25, 0.3) is 0 Å². The number of carbonyl (C=O) groups excluding carboxylic acids is 2. The summed E-state index contributed by atoms with van der Waals surface area (Å²) in [5.41, 5.74) is -0.730. The van der Waals surface area contributed by atoms with Crippen LogP contribution in [0.1, 0.15) is 46.5 Å². The van der Waals surface area contributed by atoms with Gasteiger partial charge in [0.15, 0.2) is 0 Å². The Morgan fingerprint density at radius 1 is 1.29 bits per heavy atom.